The number of morpholine rings is 1. The Labute approximate surface area is 190 Å². The molecule has 0 saturated carbocycles. The summed E-state index contributed by atoms with van der Waals surface area (Å²) >= 11 is 1.29. The highest BCUT2D eigenvalue weighted by Crippen LogP contribution is 2.26. The van der Waals surface area contributed by atoms with E-state index < -0.39 is 5.91 Å². The minimum absolute atomic E-state index is 0.0117. The number of hydrogen-bond donors (Lipinski definition) is 1. The minimum Gasteiger partial charge on any atom is -0.378 e. The van der Waals surface area contributed by atoms with Gasteiger partial charge in [-0.15, -0.1) is 10.2 Å². The average molecular weight is 449 g/mol. The van der Waals surface area contributed by atoms with Crippen LogP contribution in [0, 0.1) is 32.1 Å². The van der Waals surface area contributed by atoms with Crippen LogP contribution in [0.3, 0.4) is 0 Å². The number of ether oxygens (including phenoxy) is 1. The summed E-state index contributed by atoms with van der Waals surface area (Å²) in [5.74, 6) is -0.502. The number of anilines is 2. The van der Waals surface area contributed by atoms with Gasteiger partial charge in [-0.1, -0.05) is 23.5 Å². The zero-order valence-electron chi connectivity index (χ0n) is 18.3. The summed E-state index contributed by atoms with van der Waals surface area (Å²) < 4.78 is 7.46. The van der Waals surface area contributed by atoms with Gasteiger partial charge in [-0.25, -0.2) is 0 Å². The van der Waals surface area contributed by atoms with Gasteiger partial charge >= 0.3 is 0 Å². The van der Waals surface area contributed by atoms with Crippen molar-refractivity contribution >= 4 is 33.6 Å². The number of amides is 1. The van der Waals surface area contributed by atoms with Gasteiger partial charge in [0.15, 0.2) is 0 Å². The maximum absolute atomic E-state index is 12.7. The first-order chi connectivity index (χ1) is 15.5. The number of aryl methyl sites for hydroxylation is 2. The number of aromatic nitrogens is 3. The summed E-state index contributed by atoms with van der Waals surface area (Å²) in [6.07, 6.45) is 1.62. The monoisotopic (exact) mass is 448 g/mol. The molecule has 1 fully saturated rings. The van der Waals surface area contributed by atoms with E-state index in [2.05, 4.69) is 44.0 Å². The lowest BCUT2D eigenvalue weighted by Crippen LogP contribution is -2.36. The van der Waals surface area contributed by atoms with E-state index in [1.165, 1.54) is 11.3 Å². The van der Waals surface area contributed by atoms with E-state index in [0.717, 1.165) is 46.4 Å². The third kappa shape index (κ3) is 4.56. The second-order valence-corrected chi connectivity index (χ2v) is 8.57. The number of hydrogen-bond acceptors (Lipinski definition) is 7. The molecular formula is C23H24N6O2S. The van der Waals surface area contributed by atoms with E-state index in [1.807, 2.05) is 38.1 Å². The molecule has 1 aromatic carbocycles. The summed E-state index contributed by atoms with van der Waals surface area (Å²) in [7, 11) is 0. The normalized spacial score (nSPS) is 14.3. The third-order valence-electron chi connectivity index (χ3n) is 5.31. The Morgan fingerprint density at radius 3 is 2.72 bits per heavy atom. The molecule has 1 aliphatic rings. The molecule has 32 heavy (non-hydrogen) atoms. The molecule has 1 amide bonds. The largest absolute Gasteiger partial charge is 0.378 e. The minimum atomic E-state index is -0.502. The first-order valence-corrected chi connectivity index (χ1v) is 11.1. The molecule has 0 radical (unpaired) electrons. The van der Waals surface area contributed by atoms with Crippen molar-refractivity contribution < 1.29 is 9.53 Å². The van der Waals surface area contributed by atoms with Crippen molar-refractivity contribution in [2.75, 3.05) is 36.5 Å². The van der Waals surface area contributed by atoms with E-state index in [1.54, 1.807) is 6.08 Å². The van der Waals surface area contributed by atoms with Crippen LogP contribution in [0.2, 0.25) is 0 Å². The van der Waals surface area contributed by atoms with Crippen LogP contribution < -0.4 is 10.2 Å². The van der Waals surface area contributed by atoms with Gasteiger partial charge < -0.3 is 14.2 Å². The highest BCUT2D eigenvalue weighted by molar-refractivity contribution is 7.19. The second kappa shape index (κ2) is 9.34. The first kappa shape index (κ1) is 21.7. The fourth-order valence-electron chi connectivity index (χ4n) is 3.72. The van der Waals surface area contributed by atoms with Gasteiger partial charge in [-0.3, -0.25) is 10.1 Å². The van der Waals surface area contributed by atoms with Gasteiger partial charge in [-0.05, 0) is 56.2 Å². The Bertz CT molecular complexity index is 1210. The van der Waals surface area contributed by atoms with Crippen LogP contribution in [-0.4, -0.2) is 47.0 Å². The van der Waals surface area contributed by atoms with Gasteiger partial charge in [0.2, 0.25) is 10.3 Å². The second-order valence-electron chi connectivity index (χ2n) is 7.61. The highest BCUT2D eigenvalue weighted by Gasteiger charge is 2.19. The topological polar surface area (TPSA) is 96.1 Å². The molecule has 0 bridgehead atoms. The zero-order chi connectivity index (χ0) is 22.7. The van der Waals surface area contributed by atoms with Crippen LogP contribution in [0.5, 0.6) is 0 Å². The molecule has 2 aromatic heterocycles. The Hall–Kier alpha value is -3.48. The molecule has 1 aliphatic heterocycles. The zero-order valence-corrected chi connectivity index (χ0v) is 19.1. The standard InChI is InChI=1S/C23H24N6O2S/c1-15-5-4-6-20(11-15)29-16(2)12-18(17(29)3)13-19(14-24)21(30)25-22-26-27-23(32-22)28-7-9-31-10-8-28/h4-6,11-13H,7-10H2,1-3H3,(H,25,26,30)/b19-13-. The van der Waals surface area contributed by atoms with Gasteiger partial charge in [0.05, 0.1) is 13.2 Å². The summed E-state index contributed by atoms with van der Waals surface area (Å²) in [4.78, 5) is 14.8. The predicted octanol–water partition coefficient (Wildman–Crippen LogP) is 3.64. The number of carbonyl (C=O) groups is 1. The van der Waals surface area contributed by atoms with Crippen LogP contribution in [-0.2, 0) is 9.53 Å². The molecular weight excluding hydrogens is 424 g/mol. The molecule has 0 aliphatic carbocycles. The van der Waals surface area contributed by atoms with E-state index in [-0.39, 0.29) is 5.57 Å². The molecule has 3 aromatic rings. The lowest BCUT2D eigenvalue weighted by Gasteiger charge is -2.25. The number of nitrogens with one attached hydrogen (secondary N) is 1. The number of rotatable bonds is 5. The van der Waals surface area contributed by atoms with E-state index in [0.29, 0.717) is 18.3 Å². The number of carbonyl (C=O) groups excluding carboxylic acids is 1. The molecule has 0 atom stereocenters. The Morgan fingerprint density at radius 1 is 1.22 bits per heavy atom. The maximum atomic E-state index is 12.7. The summed E-state index contributed by atoms with van der Waals surface area (Å²) in [6, 6.07) is 12.2. The third-order valence-corrected chi connectivity index (χ3v) is 6.21. The Morgan fingerprint density at radius 2 is 2.00 bits per heavy atom. The van der Waals surface area contributed by atoms with Crippen molar-refractivity contribution in [3.05, 3.63) is 58.4 Å². The molecule has 1 saturated heterocycles. The quantitative estimate of drug-likeness (QED) is 0.473. The van der Waals surface area contributed by atoms with Gasteiger partial charge in [0.25, 0.3) is 5.91 Å². The van der Waals surface area contributed by atoms with Crippen molar-refractivity contribution in [3.8, 4) is 11.8 Å². The number of nitrogens with zero attached hydrogens (tertiary/aromatic N) is 5. The molecule has 8 nitrogen and oxygen atoms in total. The smallest absolute Gasteiger partial charge is 0.268 e. The molecule has 1 N–H and O–H groups in total. The summed E-state index contributed by atoms with van der Waals surface area (Å²) in [6.45, 7) is 8.80. The van der Waals surface area contributed by atoms with Crippen molar-refractivity contribution in [2.45, 2.75) is 20.8 Å². The van der Waals surface area contributed by atoms with Crippen molar-refractivity contribution in [1.29, 1.82) is 5.26 Å². The average Bonchev–Trinajstić information content (AvgIpc) is 3.36. The van der Waals surface area contributed by atoms with Crippen molar-refractivity contribution in [1.82, 2.24) is 14.8 Å². The van der Waals surface area contributed by atoms with Crippen molar-refractivity contribution in [2.24, 2.45) is 0 Å². The lowest BCUT2D eigenvalue weighted by molar-refractivity contribution is -0.112. The van der Waals surface area contributed by atoms with Crippen LogP contribution in [0.15, 0.2) is 35.9 Å². The van der Waals surface area contributed by atoms with Gasteiger partial charge in [-0.2, -0.15) is 5.26 Å². The molecule has 9 heteroatoms. The summed E-state index contributed by atoms with van der Waals surface area (Å²) in [5.41, 5.74) is 5.03. The molecule has 3 heterocycles. The molecule has 0 spiro atoms. The predicted molar refractivity (Wildman–Crippen MR) is 125 cm³/mol. The van der Waals surface area contributed by atoms with Gasteiger partial charge in [0.1, 0.15) is 11.6 Å². The van der Waals surface area contributed by atoms with Crippen LogP contribution in [0.4, 0.5) is 10.3 Å². The highest BCUT2D eigenvalue weighted by atomic mass is 32.1. The van der Waals surface area contributed by atoms with Crippen LogP contribution in [0.25, 0.3) is 11.8 Å². The Kier molecular flexibility index (Phi) is 6.35. The van der Waals surface area contributed by atoms with Gasteiger partial charge in [0, 0.05) is 30.2 Å². The first-order valence-electron chi connectivity index (χ1n) is 10.3. The SMILES string of the molecule is Cc1cccc(-n2c(C)cc(/C=C(/C#N)C(=O)Nc3nnc(N4CCOCC4)s3)c2C)c1. The van der Waals surface area contributed by atoms with Crippen LogP contribution >= 0.6 is 11.3 Å². The number of benzene rings is 1. The fourth-order valence-corrected chi connectivity index (χ4v) is 4.51. The van der Waals surface area contributed by atoms with Crippen LogP contribution in [0.1, 0.15) is 22.5 Å². The molecule has 4 rings (SSSR count). The lowest BCUT2D eigenvalue weighted by atomic mass is 10.1. The van der Waals surface area contributed by atoms with E-state index in [9.17, 15) is 10.1 Å². The number of nitriles is 1. The van der Waals surface area contributed by atoms with Crippen molar-refractivity contribution in [3.63, 3.8) is 0 Å². The van der Waals surface area contributed by atoms with E-state index >= 15 is 0 Å². The fraction of sp³-hybridized carbons (Fsp3) is 0.304. The molecule has 164 valence electrons. The summed E-state index contributed by atoms with van der Waals surface area (Å²) in [5, 5.41) is 21.6. The molecule has 0 unspecified atom stereocenters. The van der Waals surface area contributed by atoms with E-state index in [4.69, 9.17) is 4.74 Å². The maximum Gasteiger partial charge on any atom is 0.268 e. The Balaban J connectivity index is 1.54.